The van der Waals surface area contributed by atoms with E-state index in [4.69, 9.17) is 9.72 Å². The second-order valence-corrected chi connectivity index (χ2v) is 5.04. The monoisotopic (exact) mass is 256 g/mol. The maximum Gasteiger partial charge on any atom is 0.0781 e. The van der Waals surface area contributed by atoms with Crippen molar-refractivity contribution >= 4 is 16.6 Å². The van der Waals surface area contributed by atoms with Crippen LogP contribution in [0.2, 0.25) is 0 Å². The number of rotatable bonds is 4. The number of benzene rings is 1. The Balaban J connectivity index is 2.27. The summed E-state index contributed by atoms with van der Waals surface area (Å²) < 4.78 is 5.29. The Bertz CT molecular complexity index is 607. The number of nitrogens with one attached hydrogen (secondary N) is 1. The van der Waals surface area contributed by atoms with E-state index in [-0.39, 0.29) is 0 Å². The summed E-state index contributed by atoms with van der Waals surface area (Å²) in [5, 5.41) is 4.77. The second-order valence-electron chi connectivity index (χ2n) is 5.04. The van der Waals surface area contributed by atoms with Gasteiger partial charge in [-0.1, -0.05) is 18.2 Å². The lowest BCUT2D eigenvalue weighted by Gasteiger charge is -2.15. The fourth-order valence-corrected chi connectivity index (χ4v) is 2.99. The van der Waals surface area contributed by atoms with Crippen LogP contribution >= 0.6 is 0 Å². The Kier molecular flexibility index (Phi) is 3.38. The van der Waals surface area contributed by atoms with Crippen LogP contribution in [0.3, 0.4) is 0 Å². The molecule has 0 bridgehead atoms. The minimum absolute atomic E-state index is 0.620. The van der Waals surface area contributed by atoms with Gasteiger partial charge < -0.3 is 10.1 Å². The molecule has 1 N–H and O–H groups in total. The Hall–Kier alpha value is -1.61. The molecule has 1 aromatic heterocycles. The summed E-state index contributed by atoms with van der Waals surface area (Å²) in [6.45, 7) is 3.71. The van der Waals surface area contributed by atoms with Crippen LogP contribution in [0, 0.1) is 0 Å². The molecule has 0 saturated heterocycles. The Morgan fingerprint density at radius 2 is 2.21 bits per heavy atom. The lowest BCUT2D eigenvalue weighted by atomic mass is 10.0. The highest BCUT2D eigenvalue weighted by Gasteiger charge is 2.20. The van der Waals surface area contributed by atoms with Crippen LogP contribution in [0.15, 0.2) is 18.2 Å². The van der Waals surface area contributed by atoms with Gasteiger partial charge >= 0.3 is 0 Å². The number of nitrogens with zero attached hydrogens (tertiary/aromatic N) is 1. The van der Waals surface area contributed by atoms with E-state index >= 15 is 0 Å². The summed E-state index contributed by atoms with van der Waals surface area (Å²) in [6.07, 6.45) is 3.47. The number of methoxy groups -OCH3 is 1. The first-order chi connectivity index (χ1) is 9.35. The van der Waals surface area contributed by atoms with Gasteiger partial charge in [0.1, 0.15) is 0 Å². The van der Waals surface area contributed by atoms with Crippen molar-refractivity contribution in [2.75, 3.05) is 19.0 Å². The summed E-state index contributed by atoms with van der Waals surface area (Å²) in [5.74, 6) is 0. The number of ether oxygens (including phenoxy) is 1. The quantitative estimate of drug-likeness (QED) is 0.911. The Labute approximate surface area is 114 Å². The van der Waals surface area contributed by atoms with E-state index in [1.54, 1.807) is 7.11 Å². The van der Waals surface area contributed by atoms with Crippen molar-refractivity contribution in [3.8, 4) is 0 Å². The van der Waals surface area contributed by atoms with Crippen LogP contribution < -0.4 is 5.32 Å². The molecule has 2 aromatic rings. The van der Waals surface area contributed by atoms with E-state index in [9.17, 15) is 0 Å². The highest BCUT2D eigenvalue weighted by Crippen LogP contribution is 2.35. The van der Waals surface area contributed by atoms with Crippen LogP contribution in [-0.2, 0) is 24.2 Å². The summed E-state index contributed by atoms with van der Waals surface area (Å²) >= 11 is 0. The molecule has 3 rings (SSSR count). The largest absolute Gasteiger partial charge is 0.384 e. The molecule has 19 heavy (non-hydrogen) atoms. The third kappa shape index (κ3) is 2.08. The molecule has 0 amide bonds. The van der Waals surface area contributed by atoms with Crippen molar-refractivity contribution in [2.24, 2.45) is 0 Å². The molecule has 3 heteroatoms. The number of hydrogen-bond acceptors (Lipinski definition) is 3. The smallest absolute Gasteiger partial charge is 0.0781 e. The molecule has 100 valence electrons. The van der Waals surface area contributed by atoms with Gasteiger partial charge in [0.2, 0.25) is 0 Å². The lowest BCUT2D eigenvalue weighted by molar-refractivity contribution is 0.186. The van der Waals surface area contributed by atoms with E-state index in [1.807, 2.05) is 0 Å². The summed E-state index contributed by atoms with van der Waals surface area (Å²) in [6, 6.07) is 6.37. The maximum atomic E-state index is 5.29. The predicted octanol–water partition coefficient (Wildman–Crippen LogP) is 3.30. The van der Waals surface area contributed by atoms with Crippen molar-refractivity contribution in [2.45, 2.75) is 32.8 Å². The molecule has 1 heterocycles. The van der Waals surface area contributed by atoms with Crippen molar-refractivity contribution in [3.63, 3.8) is 0 Å². The van der Waals surface area contributed by atoms with Gasteiger partial charge in [-0.25, -0.2) is 0 Å². The van der Waals surface area contributed by atoms with E-state index < -0.39 is 0 Å². The molecular formula is C16H20N2O. The molecule has 0 unspecified atom stereocenters. The van der Waals surface area contributed by atoms with Gasteiger partial charge in [0.05, 0.1) is 12.1 Å². The summed E-state index contributed by atoms with van der Waals surface area (Å²) in [4.78, 5) is 4.90. The van der Waals surface area contributed by atoms with E-state index in [2.05, 4.69) is 30.4 Å². The van der Waals surface area contributed by atoms with Crippen molar-refractivity contribution in [3.05, 3.63) is 35.0 Å². The van der Waals surface area contributed by atoms with Crippen molar-refractivity contribution in [1.29, 1.82) is 0 Å². The number of fused-ring (bicyclic) bond motifs is 2. The molecule has 1 aliphatic carbocycles. The Morgan fingerprint density at radius 3 is 3.00 bits per heavy atom. The minimum atomic E-state index is 0.620. The SMILES string of the molecule is CCNc1c2c(nc3c(COC)cccc13)CCC2. The molecule has 0 fully saturated rings. The molecule has 1 aliphatic rings. The van der Waals surface area contributed by atoms with Crippen LogP contribution in [0.4, 0.5) is 5.69 Å². The van der Waals surface area contributed by atoms with Crippen LogP contribution in [0.1, 0.15) is 30.2 Å². The molecule has 0 radical (unpaired) electrons. The van der Waals surface area contributed by atoms with Crippen LogP contribution in [-0.4, -0.2) is 18.6 Å². The van der Waals surface area contributed by atoms with Crippen LogP contribution in [0.25, 0.3) is 10.9 Å². The Morgan fingerprint density at radius 1 is 1.32 bits per heavy atom. The molecule has 0 aliphatic heterocycles. The van der Waals surface area contributed by atoms with Gasteiger partial charge in [-0.05, 0) is 31.7 Å². The number of anilines is 1. The molecule has 0 atom stereocenters. The molecular weight excluding hydrogens is 236 g/mol. The lowest BCUT2D eigenvalue weighted by Crippen LogP contribution is -2.04. The highest BCUT2D eigenvalue weighted by molar-refractivity contribution is 5.95. The van der Waals surface area contributed by atoms with Gasteiger partial charge in [-0.3, -0.25) is 4.98 Å². The first-order valence-electron chi connectivity index (χ1n) is 7.01. The number of aromatic nitrogens is 1. The topological polar surface area (TPSA) is 34.2 Å². The van der Waals surface area contributed by atoms with E-state index in [0.717, 1.165) is 24.9 Å². The molecule has 3 nitrogen and oxygen atoms in total. The average molecular weight is 256 g/mol. The van der Waals surface area contributed by atoms with Gasteiger partial charge in [-0.2, -0.15) is 0 Å². The van der Waals surface area contributed by atoms with Gasteiger partial charge in [0.15, 0.2) is 0 Å². The summed E-state index contributed by atoms with van der Waals surface area (Å²) in [5.41, 5.74) is 6.25. The van der Waals surface area contributed by atoms with Gasteiger partial charge in [-0.15, -0.1) is 0 Å². The predicted molar refractivity (Wildman–Crippen MR) is 78.6 cm³/mol. The fraction of sp³-hybridized carbons (Fsp3) is 0.438. The third-order valence-corrected chi connectivity index (χ3v) is 3.78. The second kappa shape index (κ2) is 5.17. The van der Waals surface area contributed by atoms with E-state index in [1.165, 1.54) is 34.3 Å². The minimum Gasteiger partial charge on any atom is -0.384 e. The molecule has 0 saturated carbocycles. The maximum absolute atomic E-state index is 5.29. The standard InChI is InChI=1S/C16H20N2O/c1-3-17-16-12-7-5-9-14(12)18-15-11(10-19-2)6-4-8-13(15)16/h4,6,8H,3,5,7,9-10H2,1-2H3,(H,17,18). The first-order valence-corrected chi connectivity index (χ1v) is 7.01. The van der Waals surface area contributed by atoms with Crippen LogP contribution in [0.5, 0.6) is 0 Å². The van der Waals surface area contributed by atoms with Crippen molar-refractivity contribution < 1.29 is 4.74 Å². The zero-order valence-electron chi connectivity index (χ0n) is 11.6. The zero-order chi connectivity index (χ0) is 13.2. The molecule has 0 spiro atoms. The third-order valence-electron chi connectivity index (χ3n) is 3.78. The number of aryl methyl sites for hydroxylation is 1. The fourth-order valence-electron chi connectivity index (χ4n) is 2.99. The summed E-state index contributed by atoms with van der Waals surface area (Å²) in [7, 11) is 1.73. The molecule has 1 aromatic carbocycles. The van der Waals surface area contributed by atoms with E-state index in [0.29, 0.717) is 6.61 Å². The number of hydrogen-bond donors (Lipinski definition) is 1. The first kappa shape index (κ1) is 12.4. The number of para-hydroxylation sites is 1. The number of pyridine rings is 1. The van der Waals surface area contributed by atoms with Crippen molar-refractivity contribution in [1.82, 2.24) is 4.98 Å². The zero-order valence-corrected chi connectivity index (χ0v) is 11.6. The van der Waals surface area contributed by atoms with Gasteiger partial charge in [0.25, 0.3) is 0 Å². The highest BCUT2D eigenvalue weighted by atomic mass is 16.5. The van der Waals surface area contributed by atoms with Gasteiger partial charge in [0, 0.05) is 36.0 Å². The normalized spacial score (nSPS) is 13.8. The average Bonchev–Trinajstić information content (AvgIpc) is 2.88.